The van der Waals surface area contributed by atoms with Gasteiger partial charge in [-0.15, -0.1) is 0 Å². The second kappa shape index (κ2) is 13.4. The lowest BCUT2D eigenvalue weighted by molar-refractivity contribution is -0.150. The molecule has 1 amide bonds. The van der Waals surface area contributed by atoms with Gasteiger partial charge in [-0.3, -0.25) is 19.2 Å². The molecule has 15 heteroatoms. The predicted octanol–water partition coefficient (Wildman–Crippen LogP) is 7.00. The van der Waals surface area contributed by atoms with E-state index in [0.29, 0.717) is 33.4 Å². The van der Waals surface area contributed by atoms with E-state index < -0.39 is 55.2 Å². The number of aliphatic imine (C=N–C) groups is 1. The highest BCUT2D eigenvalue weighted by Gasteiger charge is 2.57. The van der Waals surface area contributed by atoms with Crippen LogP contribution in [0.4, 0.5) is 13.2 Å². The van der Waals surface area contributed by atoms with Crippen molar-refractivity contribution in [3.63, 3.8) is 0 Å². The molecule has 1 fully saturated rings. The van der Waals surface area contributed by atoms with Crippen molar-refractivity contribution in [2.24, 2.45) is 28.5 Å². The van der Waals surface area contributed by atoms with Gasteiger partial charge < -0.3 is 10.5 Å². The zero-order valence-electron chi connectivity index (χ0n) is 31.5. The van der Waals surface area contributed by atoms with Crippen LogP contribution in [0.25, 0.3) is 22.5 Å². The normalized spacial score (nSPS) is 20.8. The highest BCUT2D eigenvalue weighted by atomic mass is 35.5. The van der Waals surface area contributed by atoms with Gasteiger partial charge >= 0.3 is 12.5 Å². The van der Waals surface area contributed by atoms with Crippen LogP contribution in [0.2, 0.25) is 5.02 Å². The Morgan fingerprint density at radius 2 is 1.88 bits per heavy atom. The summed E-state index contributed by atoms with van der Waals surface area (Å²) in [6.45, 7) is 0.803. The summed E-state index contributed by atoms with van der Waals surface area (Å²) in [5.41, 5.74) is 6.09. The van der Waals surface area contributed by atoms with E-state index in [1.54, 1.807) is 50.2 Å². The number of rotatable bonds is 13. The molecule has 2 N–H and O–H groups in total. The number of hydrogen-bond acceptors (Lipinski definition) is 8. The van der Waals surface area contributed by atoms with Crippen molar-refractivity contribution in [3.05, 3.63) is 77.3 Å². The first kappa shape index (κ1) is 32.2. The van der Waals surface area contributed by atoms with Crippen LogP contribution in [0.15, 0.2) is 66.2 Å². The SMILES string of the molecule is [2H]C([2H])([2H])n1cnc(-c2cc([C@@H](COC(=O)CC(C)(C)C(C)F)N3C(=O)[C@@](CC4(C)CC4)(c4ccc(-c5cnn(C(F)F)c5)cc4)N=C3N)ccc2Cl)n1. The zero-order chi connectivity index (χ0) is 39.4. The Labute approximate surface area is 302 Å². The van der Waals surface area contributed by atoms with Gasteiger partial charge in [-0.05, 0) is 60.4 Å². The number of guanidine groups is 1. The van der Waals surface area contributed by atoms with Crippen LogP contribution >= 0.6 is 11.6 Å². The minimum absolute atomic E-state index is 0.00280. The largest absolute Gasteiger partial charge is 0.463 e. The van der Waals surface area contributed by atoms with E-state index in [1.807, 2.05) is 6.92 Å². The molecule has 2 aromatic carbocycles. The van der Waals surface area contributed by atoms with Crippen molar-refractivity contribution in [3.8, 4) is 22.5 Å². The summed E-state index contributed by atoms with van der Waals surface area (Å²) in [5, 5.41) is 7.98. The molecule has 0 bridgehead atoms. The molecule has 0 spiro atoms. The smallest absolute Gasteiger partial charge is 0.333 e. The van der Waals surface area contributed by atoms with E-state index in [2.05, 4.69) is 15.2 Å². The fraction of sp³-hybridized carbons (Fsp3) is 0.444. The minimum Gasteiger partial charge on any atom is -0.463 e. The number of nitrogens with two attached hydrogens (primary N) is 1. The van der Waals surface area contributed by atoms with E-state index in [4.69, 9.17) is 31.2 Å². The maximum atomic E-state index is 15.0. The van der Waals surface area contributed by atoms with Crippen molar-refractivity contribution >= 4 is 29.4 Å². The van der Waals surface area contributed by atoms with Gasteiger partial charge in [0, 0.05) is 33.8 Å². The average molecular weight is 728 g/mol. The van der Waals surface area contributed by atoms with Crippen molar-refractivity contribution in [2.75, 3.05) is 6.61 Å². The van der Waals surface area contributed by atoms with Crippen LogP contribution in [-0.2, 0) is 26.8 Å². The second-order valence-electron chi connectivity index (χ2n) is 14.3. The molecule has 51 heavy (non-hydrogen) atoms. The van der Waals surface area contributed by atoms with Crippen molar-refractivity contribution in [1.82, 2.24) is 29.4 Å². The lowest BCUT2D eigenvalue weighted by Crippen LogP contribution is -2.47. The summed E-state index contributed by atoms with van der Waals surface area (Å²) < 4.78 is 70.8. The molecule has 2 aliphatic rings. The van der Waals surface area contributed by atoms with Gasteiger partial charge in [0.1, 0.15) is 19.1 Å². The Morgan fingerprint density at radius 3 is 2.49 bits per heavy atom. The zero-order valence-corrected chi connectivity index (χ0v) is 29.2. The molecule has 0 radical (unpaired) electrons. The maximum Gasteiger partial charge on any atom is 0.333 e. The quantitative estimate of drug-likeness (QED) is 0.147. The topological polar surface area (TPSA) is 134 Å². The van der Waals surface area contributed by atoms with E-state index in [0.717, 1.165) is 23.9 Å². The van der Waals surface area contributed by atoms with Crippen LogP contribution in [0.3, 0.4) is 0 Å². The summed E-state index contributed by atoms with van der Waals surface area (Å²) in [5.74, 6) is -1.35. The van der Waals surface area contributed by atoms with Gasteiger partial charge in [-0.25, -0.2) is 19.0 Å². The van der Waals surface area contributed by atoms with E-state index >= 15 is 4.79 Å². The van der Waals surface area contributed by atoms with Gasteiger partial charge in [-0.1, -0.05) is 62.7 Å². The number of alkyl halides is 3. The minimum atomic E-state index is -2.80. The van der Waals surface area contributed by atoms with Gasteiger partial charge in [0.05, 0.1) is 23.7 Å². The number of halogens is 4. The fourth-order valence-corrected chi connectivity index (χ4v) is 6.41. The molecule has 3 heterocycles. The number of esters is 1. The summed E-state index contributed by atoms with van der Waals surface area (Å²) in [4.78, 5) is 38.4. The third-order valence-electron chi connectivity index (χ3n) is 9.91. The molecule has 1 saturated carbocycles. The third-order valence-corrected chi connectivity index (χ3v) is 10.2. The number of aromatic nitrogens is 5. The molecule has 3 atom stereocenters. The summed E-state index contributed by atoms with van der Waals surface area (Å²) in [6, 6.07) is 10.4. The highest BCUT2D eigenvalue weighted by Crippen LogP contribution is 2.56. The number of carbonyl (C=O) groups is 2. The number of benzene rings is 2. The molecular weight excluding hydrogens is 685 g/mol. The molecule has 2 aromatic heterocycles. The lowest BCUT2D eigenvalue weighted by Gasteiger charge is -2.33. The van der Waals surface area contributed by atoms with Crippen molar-refractivity contribution in [2.45, 2.75) is 77.7 Å². The van der Waals surface area contributed by atoms with Gasteiger partial charge in [-0.2, -0.15) is 19.0 Å². The Bertz CT molecular complexity index is 2080. The summed E-state index contributed by atoms with van der Waals surface area (Å²) in [7, 11) is 0. The van der Waals surface area contributed by atoms with E-state index in [1.165, 1.54) is 30.3 Å². The number of carbonyl (C=O) groups excluding carboxylic acids is 2. The molecule has 0 saturated heterocycles. The first-order valence-corrected chi connectivity index (χ1v) is 16.7. The van der Waals surface area contributed by atoms with Crippen LogP contribution in [0, 0.1) is 10.8 Å². The van der Waals surface area contributed by atoms with Crippen LogP contribution in [0.1, 0.15) is 81.2 Å². The number of ether oxygens (including phenoxy) is 1. The standard InChI is InChI=1S/C36H40ClF3N8O3/c1-21(38)34(2,3)15-29(49)51-18-28(23-8-11-27(37)26(14-23)30-42-20-46(5)45-30)48-31(50)36(44-33(48)41,19-35(4)12-13-35)25-9-6-22(7-10-25)24-16-43-47(17-24)32(39)40/h6-11,14,16-17,20-21,28,32H,12-13,15,18-19H2,1-5H3,(H2,41,44)/t21?,28-,36-/m1/s1/i5D3. The predicted molar refractivity (Wildman–Crippen MR) is 185 cm³/mol. The van der Waals surface area contributed by atoms with Crippen LogP contribution < -0.4 is 5.73 Å². The number of hydrogen-bond donors (Lipinski definition) is 1. The molecule has 1 unspecified atom stereocenters. The van der Waals surface area contributed by atoms with Crippen molar-refractivity contribution in [1.29, 1.82) is 0 Å². The Kier molecular flexibility index (Phi) is 8.49. The third kappa shape index (κ3) is 7.23. The van der Waals surface area contributed by atoms with Crippen molar-refractivity contribution < 1.29 is 31.6 Å². The number of amides is 1. The maximum absolute atomic E-state index is 15.0. The number of nitrogens with zero attached hydrogens (tertiary/aromatic N) is 7. The summed E-state index contributed by atoms with van der Waals surface area (Å²) >= 11 is 6.56. The average Bonchev–Trinajstić information content (AvgIpc) is 3.45. The first-order chi connectivity index (χ1) is 25.2. The number of aryl methyl sites for hydroxylation is 1. The molecule has 1 aliphatic carbocycles. The molecular formula is C36H40ClF3N8O3. The highest BCUT2D eigenvalue weighted by molar-refractivity contribution is 6.33. The Morgan fingerprint density at radius 1 is 1.16 bits per heavy atom. The second-order valence-corrected chi connectivity index (χ2v) is 14.7. The summed E-state index contributed by atoms with van der Waals surface area (Å²) in [6.07, 6.45) is 4.04. The fourth-order valence-electron chi connectivity index (χ4n) is 6.21. The van der Waals surface area contributed by atoms with Gasteiger partial charge in [0.2, 0.25) is 0 Å². The molecule has 6 rings (SSSR count). The Hall–Kier alpha value is -4.72. The molecule has 11 nitrogen and oxygen atoms in total. The van der Waals surface area contributed by atoms with E-state index in [-0.39, 0.29) is 34.2 Å². The monoisotopic (exact) mass is 727 g/mol. The van der Waals surface area contributed by atoms with Crippen LogP contribution in [0.5, 0.6) is 0 Å². The first-order valence-electron chi connectivity index (χ1n) is 17.9. The molecule has 1 aliphatic heterocycles. The van der Waals surface area contributed by atoms with Crippen LogP contribution in [-0.4, -0.2) is 60.1 Å². The van der Waals surface area contributed by atoms with Gasteiger partial charge in [0.25, 0.3) is 5.91 Å². The van der Waals surface area contributed by atoms with Gasteiger partial charge in [0.15, 0.2) is 17.3 Å². The molecule has 4 aromatic rings. The Balaban J connectivity index is 1.40. The molecule has 270 valence electrons. The lowest BCUT2D eigenvalue weighted by atomic mass is 9.79. The van der Waals surface area contributed by atoms with E-state index in [9.17, 15) is 18.0 Å².